The normalized spacial score (nSPS) is 21.0. The molecule has 0 spiro atoms. The highest BCUT2D eigenvalue weighted by Gasteiger charge is 2.14. The third-order valence-corrected chi connectivity index (χ3v) is 1.05. The van der Waals surface area contributed by atoms with E-state index in [9.17, 15) is 0 Å². The molecule has 1 fully saturated rings. The van der Waals surface area contributed by atoms with Gasteiger partial charge in [-0.25, -0.2) is 5.48 Å². The summed E-state index contributed by atoms with van der Waals surface area (Å²) in [5, 5.41) is 0. The number of hydrogen-bond donors (Lipinski definition) is 1. The average Bonchev–Trinajstić information content (AvgIpc) is 2.34. The zero-order valence-corrected chi connectivity index (χ0v) is 5.42. The van der Waals surface area contributed by atoms with E-state index >= 15 is 0 Å². The molecule has 1 saturated heterocycles. The van der Waals surface area contributed by atoms with Gasteiger partial charge in [0.2, 0.25) is 0 Å². The second-order valence-corrected chi connectivity index (χ2v) is 1.69. The Bertz CT molecular complexity index is 72.6. The van der Waals surface area contributed by atoms with E-state index < -0.39 is 0 Å². The summed E-state index contributed by atoms with van der Waals surface area (Å²) in [7, 11) is 1.70. The SMILES string of the molecule is CNOCC1OCCO1. The van der Waals surface area contributed by atoms with Crippen molar-refractivity contribution in [3.05, 3.63) is 0 Å². The molecule has 0 unspecified atom stereocenters. The van der Waals surface area contributed by atoms with Crippen molar-refractivity contribution in [2.24, 2.45) is 0 Å². The number of rotatable bonds is 3. The van der Waals surface area contributed by atoms with E-state index in [1.165, 1.54) is 0 Å². The molecule has 0 aromatic carbocycles. The van der Waals surface area contributed by atoms with Crippen molar-refractivity contribution in [2.45, 2.75) is 6.29 Å². The number of hydroxylamine groups is 1. The Hall–Kier alpha value is -0.160. The third-order valence-electron chi connectivity index (χ3n) is 1.05. The van der Waals surface area contributed by atoms with Gasteiger partial charge in [-0.15, -0.1) is 0 Å². The zero-order valence-electron chi connectivity index (χ0n) is 5.42. The highest BCUT2D eigenvalue weighted by molar-refractivity contribution is 4.47. The lowest BCUT2D eigenvalue weighted by Crippen LogP contribution is -2.20. The molecular formula is C5H11NO3. The molecule has 0 aliphatic carbocycles. The first-order valence-electron chi connectivity index (χ1n) is 2.95. The molecule has 9 heavy (non-hydrogen) atoms. The maximum Gasteiger partial charge on any atom is 0.183 e. The lowest BCUT2D eigenvalue weighted by molar-refractivity contribution is -0.112. The third kappa shape index (κ3) is 2.28. The number of nitrogens with one attached hydrogen (secondary N) is 1. The van der Waals surface area contributed by atoms with Crippen LogP contribution in [0.4, 0.5) is 0 Å². The summed E-state index contributed by atoms with van der Waals surface area (Å²) < 4.78 is 10.1. The van der Waals surface area contributed by atoms with Crippen LogP contribution < -0.4 is 5.48 Å². The van der Waals surface area contributed by atoms with Crippen LogP contribution in [-0.4, -0.2) is 33.2 Å². The van der Waals surface area contributed by atoms with Gasteiger partial charge in [-0.2, -0.15) is 0 Å². The fourth-order valence-corrected chi connectivity index (χ4v) is 0.655. The van der Waals surface area contributed by atoms with Gasteiger partial charge in [-0.3, -0.25) is 4.84 Å². The fourth-order valence-electron chi connectivity index (χ4n) is 0.655. The van der Waals surface area contributed by atoms with Gasteiger partial charge in [0.1, 0.15) is 6.61 Å². The lowest BCUT2D eigenvalue weighted by atomic mass is 10.7. The van der Waals surface area contributed by atoms with Gasteiger partial charge in [-0.05, 0) is 0 Å². The highest BCUT2D eigenvalue weighted by Crippen LogP contribution is 2.01. The van der Waals surface area contributed by atoms with Gasteiger partial charge in [-0.1, -0.05) is 0 Å². The predicted molar refractivity (Wildman–Crippen MR) is 30.7 cm³/mol. The van der Waals surface area contributed by atoms with Crippen molar-refractivity contribution >= 4 is 0 Å². The van der Waals surface area contributed by atoms with Crippen LogP contribution in [0.25, 0.3) is 0 Å². The quantitative estimate of drug-likeness (QED) is 0.527. The first-order valence-corrected chi connectivity index (χ1v) is 2.95. The van der Waals surface area contributed by atoms with Gasteiger partial charge in [0.25, 0.3) is 0 Å². The van der Waals surface area contributed by atoms with E-state index in [1.54, 1.807) is 7.05 Å². The Morgan fingerprint density at radius 2 is 2.22 bits per heavy atom. The highest BCUT2D eigenvalue weighted by atomic mass is 16.7. The van der Waals surface area contributed by atoms with Crippen LogP contribution in [0.2, 0.25) is 0 Å². The molecule has 0 aromatic rings. The Balaban J connectivity index is 1.98. The van der Waals surface area contributed by atoms with E-state index in [4.69, 9.17) is 14.3 Å². The molecule has 54 valence electrons. The summed E-state index contributed by atoms with van der Waals surface area (Å²) in [6.07, 6.45) is -0.169. The summed E-state index contributed by atoms with van der Waals surface area (Å²) in [6.45, 7) is 1.81. The molecule has 1 aliphatic rings. The predicted octanol–water partition coefficient (Wildman–Crippen LogP) is -0.490. The number of hydrogen-bond acceptors (Lipinski definition) is 4. The Kier molecular flexibility index (Phi) is 2.93. The molecule has 0 bridgehead atoms. The monoisotopic (exact) mass is 133 g/mol. The van der Waals surface area contributed by atoms with E-state index in [0.29, 0.717) is 19.8 Å². The summed E-state index contributed by atoms with van der Waals surface area (Å²) in [5.41, 5.74) is 2.53. The first kappa shape index (κ1) is 6.95. The van der Waals surface area contributed by atoms with Crippen LogP contribution in [0.15, 0.2) is 0 Å². The van der Waals surface area contributed by atoms with Crippen LogP contribution in [0.5, 0.6) is 0 Å². The van der Waals surface area contributed by atoms with Crippen molar-refractivity contribution in [1.82, 2.24) is 5.48 Å². The minimum atomic E-state index is -0.169. The maximum absolute atomic E-state index is 5.07. The molecule has 0 aromatic heterocycles. The standard InChI is InChI=1S/C5H11NO3/c1-6-9-4-5-7-2-3-8-5/h5-6H,2-4H2,1H3. The molecule has 0 atom stereocenters. The van der Waals surface area contributed by atoms with E-state index in [0.717, 1.165) is 0 Å². The molecule has 4 nitrogen and oxygen atoms in total. The largest absolute Gasteiger partial charge is 0.348 e. The smallest absolute Gasteiger partial charge is 0.183 e. The Labute approximate surface area is 54.0 Å². The van der Waals surface area contributed by atoms with Gasteiger partial charge in [0.15, 0.2) is 6.29 Å². The van der Waals surface area contributed by atoms with Crippen LogP contribution >= 0.6 is 0 Å². The molecule has 4 heteroatoms. The van der Waals surface area contributed by atoms with Crippen molar-refractivity contribution in [1.29, 1.82) is 0 Å². The van der Waals surface area contributed by atoms with E-state index in [1.807, 2.05) is 0 Å². The second kappa shape index (κ2) is 3.79. The molecule has 1 aliphatic heterocycles. The van der Waals surface area contributed by atoms with Crippen LogP contribution in [-0.2, 0) is 14.3 Å². The molecule has 0 saturated carbocycles. The number of ether oxygens (including phenoxy) is 2. The summed E-state index contributed by atoms with van der Waals surface area (Å²) in [5.74, 6) is 0. The van der Waals surface area contributed by atoms with Crippen molar-refractivity contribution in [3.63, 3.8) is 0 Å². The van der Waals surface area contributed by atoms with Crippen LogP contribution in [0, 0.1) is 0 Å². The molecule has 1 N–H and O–H groups in total. The van der Waals surface area contributed by atoms with Gasteiger partial charge in [0, 0.05) is 7.05 Å². The lowest BCUT2D eigenvalue weighted by Gasteiger charge is -2.06. The van der Waals surface area contributed by atoms with Crippen molar-refractivity contribution in [2.75, 3.05) is 26.9 Å². The van der Waals surface area contributed by atoms with Gasteiger partial charge in [0.05, 0.1) is 13.2 Å². The van der Waals surface area contributed by atoms with Crippen molar-refractivity contribution in [3.8, 4) is 0 Å². The average molecular weight is 133 g/mol. The topological polar surface area (TPSA) is 39.7 Å². The fraction of sp³-hybridized carbons (Fsp3) is 1.00. The van der Waals surface area contributed by atoms with Crippen LogP contribution in [0.1, 0.15) is 0 Å². The molecule has 0 radical (unpaired) electrons. The minimum absolute atomic E-state index is 0.169. The van der Waals surface area contributed by atoms with Crippen molar-refractivity contribution < 1.29 is 14.3 Å². The summed E-state index contributed by atoms with van der Waals surface area (Å²) >= 11 is 0. The molecule has 1 heterocycles. The van der Waals surface area contributed by atoms with Crippen LogP contribution in [0.3, 0.4) is 0 Å². The molecule has 0 amide bonds. The zero-order chi connectivity index (χ0) is 6.53. The Morgan fingerprint density at radius 3 is 2.78 bits per heavy atom. The van der Waals surface area contributed by atoms with Gasteiger partial charge < -0.3 is 9.47 Å². The molecule has 1 rings (SSSR count). The van der Waals surface area contributed by atoms with Gasteiger partial charge >= 0.3 is 0 Å². The first-order chi connectivity index (χ1) is 4.43. The van der Waals surface area contributed by atoms with E-state index in [2.05, 4.69) is 5.48 Å². The Morgan fingerprint density at radius 1 is 1.56 bits per heavy atom. The molecular weight excluding hydrogens is 122 g/mol. The summed E-state index contributed by atoms with van der Waals surface area (Å²) in [4.78, 5) is 4.82. The second-order valence-electron chi connectivity index (χ2n) is 1.69. The summed E-state index contributed by atoms with van der Waals surface area (Å²) in [6, 6.07) is 0. The minimum Gasteiger partial charge on any atom is -0.348 e. The van der Waals surface area contributed by atoms with E-state index in [-0.39, 0.29) is 6.29 Å². The maximum atomic E-state index is 5.07.